The SMILES string of the molecule is CC(C)N1C=CN(CO)C=C1. The molecule has 0 amide bonds. The Balaban J connectivity index is 2.50. The minimum atomic E-state index is 0.0406. The first-order chi connectivity index (χ1) is 5.24. The van der Waals surface area contributed by atoms with Crippen molar-refractivity contribution in [3.8, 4) is 0 Å². The first kappa shape index (κ1) is 8.14. The maximum Gasteiger partial charge on any atom is 0.119 e. The monoisotopic (exact) mass is 154 g/mol. The summed E-state index contributed by atoms with van der Waals surface area (Å²) in [4.78, 5) is 3.78. The van der Waals surface area contributed by atoms with Crippen molar-refractivity contribution >= 4 is 0 Å². The highest BCUT2D eigenvalue weighted by Crippen LogP contribution is 2.06. The van der Waals surface area contributed by atoms with Crippen LogP contribution in [0.1, 0.15) is 13.8 Å². The van der Waals surface area contributed by atoms with E-state index in [0.29, 0.717) is 6.04 Å². The van der Waals surface area contributed by atoms with E-state index in [0.717, 1.165) is 0 Å². The standard InChI is InChI=1S/C8H14N2O/c1-8(2)10-5-3-9(7-11)4-6-10/h3-6,8,11H,7H2,1-2H3. The quantitative estimate of drug-likeness (QED) is 0.640. The Morgan fingerprint density at radius 3 is 2.09 bits per heavy atom. The molecule has 0 atom stereocenters. The summed E-state index contributed by atoms with van der Waals surface area (Å²) in [6.07, 6.45) is 7.59. The van der Waals surface area contributed by atoms with Gasteiger partial charge < -0.3 is 14.9 Å². The Hall–Kier alpha value is -0.960. The molecule has 1 heterocycles. The molecule has 0 bridgehead atoms. The lowest BCUT2D eigenvalue weighted by Gasteiger charge is -2.26. The molecule has 3 heteroatoms. The van der Waals surface area contributed by atoms with Gasteiger partial charge in [-0.2, -0.15) is 0 Å². The van der Waals surface area contributed by atoms with Gasteiger partial charge >= 0.3 is 0 Å². The number of hydrogen-bond donors (Lipinski definition) is 1. The van der Waals surface area contributed by atoms with Crippen molar-refractivity contribution in [2.24, 2.45) is 0 Å². The van der Waals surface area contributed by atoms with Crippen molar-refractivity contribution in [1.29, 1.82) is 0 Å². The van der Waals surface area contributed by atoms with E-state index in [4.69, 9.17) is 5.11 Å². The van der Waals surface area contributed by atoms with Crippen molar-refractivity contribution in [3.63, 3.8) is 0 Å². The summed E-state index contributed by atoms with van der Waals surface area (Å²) in [5.74, 6) is 0. The van der Waals surface area contributed by atoms with Crippen LogP contribution < -0.4 is 0 Å². The van der Waals surface area contributed by atoms with E-state index in [2.05, 4.69) is 18.7 Å². The Labute approximate surface area is 67.2 Å². The highest BCUT2D eigenvalue weighted by atomic mass is 16.3. The third kappa shape index (κ3) is 1.98. The van der Waals surface area contributed by atoms with Gasteiger partial charge in [-0.05, 0) is 13.8 Å². The van der Waals surface area contributed by atoms with Crippen molar-refractivity contribution in [1.82, 2.24) is 9.80 Å². The molecule has 0 aromatic carbocycles. The first-order valence-electron chi connectivity index (χ1n) is 3.74. The molecule has 1 aliphatic rings. The van der Waals surface area contributed by atoms with Gasteiger partial charge in [0, 0.05) is 30.8 Å². The molecule has 0 saturated carbocycles. The van der Waals surface area contributed by atoms with Gasteiger partial charge in [0.1, 0.15) is 6.73 Å². The molecule has 0 aromatic rings. The molecule has 3 nitrogen and oxygen atoms in total. The van der Waals surface area contributed by atoms with Crippen LogP contribution in [0, 0.1) is 0 Å². The smallest absolute Gasteiger partial charge is 0.119 e. The molecule has 62 valence electrons. The van der Waals surface area contributed by atoms with Crippen LogP contribution in [0.5, 0.6) is 0 Å². The fourth-order valence-electron chi connectivity index (χ4n) is 0.863. The zero-order valence-electron chi connectivity index (χ0n) is 6.94. The van der Waals surface area contributed by atoms with Crippen LogP contribution in [0.25, 0.3) is 0 Å². The second kappa shape index (κ2) is 3.44. The third-order valence-corrected chi connectivity index (χ3v) is 1.62. The summed E-state index contributed by atoms with van der Waals surface area (Å²) in [5, 5.41) is 8.72. The Morgan fingerprint density at radius 2 is 1.73 bits per heavy atom. The molecular formula is C8H14N2O. The molecule has 0 spiro atoms. The lowest BCUT2D eigenvalue weighted by molar-refractivity contribution is 0.183. The van der Waals surface area contributed by atoms with E-state index in [9.17, 15) is 0 Å². The lowest BCUT2D eigenvalue weighted by atomic mass is 10.3. The van der Waals surface area contributed by atoms with Crippen LogP contribution in [-0.4, -0.2) is 27.7 Å². The third-order valence-electron chi connectivity index (χ3n) is 1.62. The van der Waals surface area contributed by atoms with Gasteiger partial charge in [-0.3, -0.25) is 0 Å². The average molecular weight is 154 g/mol. The van der Waals surface area contributed by atoms with E-state index < -0.39 is 0 Å². The first-order valence-corrected chi connectivity index (χ1v) is 3.74. The number of hydrogen-bond acceptors (Lipinski definition) is 3. The van der Waals surface area contributed by atoms with Crippen LogP contribution >= 0.6 is 0 Å². The van der Waals surface area contributed by atoms with E-state index >= 15 is 0 Å². The summed E-state index contributed by atoms with van der Waals surface area (Å²) in [5.41, 5.74) is 0. The molecule has 1 N–H and O–H groups in total. The molecule has 1 aliphatic heterocycles. The molecule has 1 rings (SSSR count). The van der Waals surface area contributed by atoms with Crippen LogP contribution in [0.2, 0.25) is 0 Å². The summed E-state index contributed by atoms with van der Waals surface area (Å²) in [6.45, 7) is 4.27. The molecule has 11 heavy (non-hydrogen) atoms. The van der Waals surface area contributed by atoms with E-state index in [1.54, 1.807) is 4.90 Å². The summed E-state index contributed by atoms with van der Waals surface area (Å²) >= 11 is 0. The van der Waals surface area contributed by atoms with E-state index in [-0.39, 0.29) is 6.73 Å². The number of aliphatic hydroxyl groups is 1. The second-order valence-corrected chi connectivity index (χ2v) is 2.79. The minimum absolute atomic E-state index is 0.0406. The van der Waals surface area contributed by atoms with Crippen LogP contribution in [0.4, 0.5) is 0 Å². The van der Waals surface area contributed by atoms with Gasteiger partial charge in [-0.25, -0.2) is 0 Å². The Bertz CT molecular complexity index is 161. The van der Waals surface area contributed by atoms with Gasteiger partial charge in [0.15, 0.2) is 0 Å². The van der Waals surface area contributed by atoms with Crippen LogP contribution in [0.3, 0.4) is 0 Å². The topological polar surface area (TPSA) is 26.7 Å². The van der Waals surface area contributed by atoms with Gasteiger partial charge in [-0.1, -0.05) is 0 Å². The van der Waals surface area contributed by atoms with Crippen molar-refractivity contribution in [3.05, 3.63) is 24.8 Å². The molecule has 0 aliphatic carbocycles. The molecule has 0 saturated heterocycles. The van der Waals surface area contributed by atoms with Crippen molar-refractivity contribution in [2.75, 3.05) is 6.73 Å². The number of aliphatic hydroxyl groups excluding tert-OH is 1. The lowest BCUT2D eigenvalue weighted by Crippen LogP contribution is -2.25. The largest absolute Gasteiger partial charge is 0.376 e. The van der Waals surface area contributed by atoms with Gasteiger partial charge in [0.05, 0.1) is 0 Å². The van der Waals surface area contributed by atoms with E-state index in [1.807, 2.05) is 24.8 Å². The van der Waals surface area contributed by atoms with Gasteiger partial charge in [-0.15, -0.1) is 0 Å². The molecule has 0 fully saturated rings. The van der Waals surface area contributed by atoms with Gasteiger partial charge in [0.2, 0.25) is 0 Å². The fourth-order valence-corrected chi connectivity index (χ4v) is 0.863. The highest BCUT2D eigenvalue weighted by Gasteiger charge is 2.04. The predicted octanol–water partition coefficient (Wildman–Crippen LogP) is 0.905. The zero-order valence-corrected chi connectivity index (χ0v) is 6.94. The maximum absolute atomic E-state index is 8.72. The predicted molar refractivity (Wildman–Crippen MR) is 44.2 cm³/mol. The highest BCUT2D eigenvalue weighted by molar-refractivity contribution is 5.01. The fraction of sp³-hybridized carbons (Fsp3) is 0.500. The van der Waals surface area contributed by atoms with Crippen LogP contribution in [0.15, 0.2) is 24.8 Å². The Kier molecular flexibility index (Phi) is 2.54. The zero-order chi connectivity index (χ0) is 8.27. The van der Waals surface area contributed by atoms with Gasteiger partial charge in [0.25, 0.3) is 0 Å². The second-order valence-electron chi connectivity index (χ2n) is 2.79. The Morgan fingerprint density at radius 1 is 1.18 bits per heavy atom. The maximum atomic E-state index is 8.72. The average Bonchev–Trinajstić information content (AvgIpc) is 2.05. The number of nitrogens with zero attached hydrogens (tertiary/aromatic N) is 2. The van der Waals surface area contributed by atoms with Crippen molar-refractivity contribution in [2.45, 2.75) is 19.9 Å². The summed E-state index contributed by atoms with van der Waals surface area (Å²) in [6, 6.07) is 0.475. The minimum Gasteiger partial charge on any atom is -0.376 e. The molecule has 0 unspecified atom stereocenters. The van der Waals surface area contributed by atoms with Crippen molar-refractivity contribution < 1.29 is 5.11 Å². The van der Waals surface area contributed by atoms with Crippen LogP contribution in [-0.2, 0) is 0 Å². The molecule has 0 radical (unpaired) electrons. The number of rotatable bonds is 2. The molecular weight excluding hydrogens is 140 g/mol. The summed E-state index contributed by atoms with van der Waals surface area (Å²) < 4.78 is 0. The molecule has 0 aromatic heterocycles. The van der Waals surface area contributed by atoms with E-state index in [1.165, 1.54) is 0 Å². The summed E-state index contributed by atoms with van der Waals surface area (Å²) in [7, 11) is 0. The normalized spacial score (nSPS) is 16.7.